The third kappa shape index (κ3) is 2.59. The van der Waals surface area contributed by atoms with Gasteiger partial charge in [-0.05, 0) is 54.9 Å². The molecule has 2 aromatic rings. The molecule has 0 spiro atoms. The molecule has 0 bridgehead atoms. The van der Waals surface area contributed by atoms with Gasteiger partial charge in [0, 0.05) is 5.57 Å². The molecule has 0 heterocycles. The van der Waals surface area contributed by atoms with Gasteiger partial charge in [-0.25, -0.2) is 4.79 Å². The molecule has 26 heavy (non-hydrogen) atoms. The summed E-state index contributed by atoms with van der Waals surface area (Å²) in [6, 6.07) is 17.1. The van der Waals surface area contributed by atoms with Crippen molar-refractivity contribution in [3.05, 3.63) is 71.8 Å². The Morgan fingerprint density at radius 2 is 1.50 bits per heavy atom. The highest BCUT2D eigenvalue weighted by atomic mass is 16.6. The van der Waals surface area contributed by atoms with Crippen LogP contribution in [0.2, 0.25) is 0 Å². The molecule has 2 aromatic carbocycles. The van der Waals surface area contributed by atoms with Crippen molar-refractivity contribution in [2.45, 2.75) is 51.0 Å². The first kappa shape index (κ1) is 17.1. The van der Waals surface area contributed by atoms with Crippen LogP contribution in [0.3, 0.4) is 0 Å². The molecule has 1 fully saturated rings. The van der Waals surface area contributed by atoms with Crippen molar-refractivity contribution in [3.63, 3.8) is 0 Å². The molecule has 0 radical (unpaired) electrons. The van der Waals surface area contributed by atoms with E-state index in [0.717, 1.165) is 12.8 Å². The SMILES string of the molecule is C=C(C)C(=O)OC(C)(C1CCCC1)C1c2ccccc2-c2ccccc21. The lowest BCUT2D eigenvalue weighted by molar-refractivity contribution is -0.160. The molecule has 1 unspecified atom stereocenters. The standard InChI is InChI=1S/C24H26O2/c1-16(2)23(25)26-24(3,17-10-4-5-11-17)22-20-14-8-6-12-18(20)19-13-7-9-15-21(19)22/h6-9,12-15,17,22H,1,4-5,10-11H2,2-3H3. The Balaban J connectivity index is 1.88. The molecule has 2 nitrogen and oxygen atoms in total. The van der Waals surface area contributed by atoms with Crippen LogP contribution in [0.4, 0.5) is 0 Å². The van der Waals surface area contributed by atoms with Crippen LogP contribution >= 0.6 is 0 Å². The maximum absolute atomic E-state index is 12.6. The second-order valence-electron chi connectivity index (χ2n) is 7.94. The number of hydrogen-bond donors (Lipinski definition) is 0. The first-order valence-corrected chi connectivity index (χ1v) is 9.59. The van der Waals surface area contributed by atoms with Gasteiger partial charge in [-0.15, -0.1) is 0 Å². The normalized spacial score (nSPS) is 18.8. The lowest BCUT2D eigenvalue weighted by Gasteiger charge is -2.41. The highest BCUT2D eigenvalue weighted by molar-refractivity contribution is 5.88. The minimum atomic E-state index is -0.560. The third-order valence-corrected chi connectivity index (χ3v) is 6.23. The Hall–Kier alpha value is -2.35. The predicted octanol–water partition coefficient (Wildman–Crippen LogP) is 5.87. The fourth-order valence-electron chi connectivity index (χ4n) is 4.94. The molecule has 2 aliphatic carbocycles. The zero-order valence-electron chi connectivity index (χ0n) is 15.6. The Morgan fingerprint density at radius 1 is 1.00 bits per heavy atom. The van der Waals surface area contributed by atoms with Gasteiger partial charge in [0.2, 0.25) is 0 Å². The first-order valence-electron chi connectivity index (χ1n) is 9.59. The lowest BCUT2D eigenvalue weighted by atomic mass is 9.72. The van der Waals surface area contributed by atoms with Crippen molar-refractivity contribution in [3.8, 4) is 11.1 Å². The van der Waals surface area contributed by atoms with Crippen molar-refractivity contribution < 1.29 is 9.53 Å². The quantitative estimate of drug-likeness (QED) is 0.511. The summed E-state index contributed by atoms with van der Waals surface area (Å²) < 4.78 is 6.24. The predicted molar refractivity (Wildman–Crippen MR) is 105 cm³/mol. The molecule has 0 saturated heterocycles. The third-order valence-electron chi connectivity index (χ3n) is 6.23. The minimum Gasteiger partial charge on any atom is -0.455 e. The summed E-state index contributed by atoms with van der Waals surface area (Å²) in [7, 11) is 0. The van der Waals surface area contributed by atoms with Crippen LogP contribution in [0.1, 0.15) is 56.6 Å². The monoisotopic (exact) mass is 346 g/mol. The lowest BCUT2D eigenvalue weighted by Crippen LogP contribution is -2.44. The molecular formula is C24H26O2. The fraction of sp³-hybridized carbons (Fsp3) is 0.375. The van der Waals surface area contributed by atoms with E-state index in [9.17, 15) is 4.79 Å². The average molecular weight is 346 g/mol. The number of carbonyl (C=O) groups excluding carboxylic acids is 1. The first-order chi connectivity index (χ1) is 12.5. The molecule has 2 heteroatoms. The Bertz CT molecular complexity index is 815. The number of rotatable bonds is 4. The molecule has 1 atom stereocenters. The minimum absolute atomic E-state index is 0.0706. The van der Waals surface area contributed by atoms with Crippen molar-refractivity contribution in [1.82, 2.24) is 0 Å². The van der Waals surface area contributed by atoms with Crippen molar-refractivity contribution in [2.75, 3.05) is 0 Å². The van der Waals surface area contributed by atoms with Crippen LogP contribution in [-0.2, 0) is 9.53 Å². The van der Waals surface area contributed by atoms with Crippen LogP contribution < -0.4 is 0 Å². The summed E-state index contributed by atoms with van der Waals surface area (Å²) in [5.74, 6) is 0.164. The van der Waals surface area contributed by atoms with Crippen LogP contribution in [-0.4, -0.2) is 11.6 Å². The van der Waals surface area contributed by atoms with E-state index in [2.05, 4.69) is 62.0 Å². The maximum atomic E-state index is 12.6. The number of carbonyl (C=O) groups is 1. The molecule has 1 saturated carbocycles. The van der Waals surface area contributed by atoms with Gasteiger partial charge in [0.05, 0.1) is 5.92 Å². The van der Waals surface area contributed by atoms with Crippen molar-refractivity contribution in [2.24, 2.45) is 5.92 Å². The topological polar surface area (TPSA) is 26.3 Å². The molecule has 2 aliphatic rings. The van der Waals surface area contributed by atoms with E-state index in [4.69, 9.17) is 4.74 Å². The number of fused-ring (bicyclic) bond motifs is 3. The maximum Gasteiger partial charge on any atom is 0.333 e. The molecule has 134 valence electrons. The van der Waals surface area contributed by atoms with E-state index >= 15 is 0 Å². The van der Waals surface area contributed by atoms with Gasteiger partial charge >= 0.3 is 5.97 Å². The fourth-order valence-corrected chi connectivity index (χ4v) is 4.94. The van der Waals surface area contributed by atoms with Crippen LogP contribution in [0.25, 0.3) is 11.1 Å². The Kier molecular flexibility index (Phi) is 4.22. The molecular weight excluding hydrogens is 320 g/mol. The zero-order valence-corrected chi connectivity index (χ0v) is 15.6. The highest BCUT2D eigenvalue weighted by Gasteiger charge is 2.50. The van der Waals surface area contributed by atoms with Gasteiger partial charge in [0.15, 0.2) is 0 Å². The van der Waals surface area contributed by atoms with E-state index in [1.54, 1.807) is 6.92 Å². The summed E-state index contributed by atoms with van der Waals surface area (Å²) in [5.41, 5.74) is 4.99. The summed E-state index contributed by atoms with van der Waals surface area (Å²) in [5, 5.41) is 0. The second kappa shape index (κ2) is 6.42. The number of esters is 1. The molecule has 0 amide bonds. The van der Waals surface area contributed by atoms with E-state index in [-0.39, 0.29) is 11.9 Å². The Morgan fingerprint density at radius 3 is 2.00 bits per heavy atom. The van der Waals surface area contributed by atoms with Crippen LogP contribution in [0, 0.1) is 5.92 Å². The zero-order chi connectivity index (χ0) is 18.3. The molecule has 0 aliphatic heterocycles. The average Bonchev–Trinajstić information content (AvgIpc) is 3.28. The van der Waals surface area contributed by atoms with E-state index in [0.29, 0.717) is 11.5 Å². The second-order valence-corrected chi connectivity index (χ2v) is 7.94. The molecule has 0 N–H and O–H groups in total. The highest BCUT2D eigenvalue weighted by Crippen LogP contribution is 2.55. The summed E-state index contributed by atoms with van der Waals surface area (Å²) in [6.45, 7) is 7.68. The van der Waals surface area contributed by atoms with Gasteiger partial charge in [-0.2, -0.15) is 0 Å². The van der Waals surface area contributed by atoms with E-state index in [1.807, 2.05) is 0 Å². The number of benzene rings is 2. The van der Waals surface area contributed by atoms with Gasteiger partial charge in [-0.1, -0.05) is 68.0 Å². The molecule has 4 rings (SSSR count). The van der Waals surface area contributed by atoms with Gasteiger partial charge in [0.1, 0.15) is 5.60 Å². The smallest absolute Gasteiger partial charge is 0.333 e. The van der Waals surface area contributed by atoms with Gasteiger partial charge in [-0.3, -0.25) is 0 Å². The summed E-state index contributed by atoms with van der Waals surface area (Å²) in [4.78, 5) is 12.6. The summed E-state index contributed by atoms with van der Waals surface area (Å²) in [6.07, 6.45) is 4.64. The van der Waals surface area contributed by atoms with Crippen LogP contribution in [0.5, 0.6) is 0 Å². The summed E-state index contributed by atoms with van der Waals surface area (Å²) >= 11 is 0. The molecule has 0 aromatic heterocycles. The Labute approximate surface area is 155 Å². The number of ether oxygens (including phenoxy) is 1. The largest absolute Gasteiger partial charge is 0.455 e. The van der Waals surface area contributed by atoms with Gasteiger partial charge in [0.25, 0.3) is 0 Å². The van der Waals surface area contributed by atoms with Crippen LogP contribution in [0.15, 0.2) is 60.7 Å². The van der Waals surface area contributed by atoms with E-state index in [1.165, 1.54) is 35.1 Å². The number of hydrogen-bond acceptors (Lipinski definition) is 2. The van der Waals surface area contributed by atoms with E-state index < -0.39 is 5.60 Å². The van der Waals surface area contributed by atoms with Crippen molar-refractivity contribution in [1.29, 1.82) is 0 Å². The van der Waals surface area contributed by atoms with Crippen molar-refractivity contribution >= 4 is 5.97 Å². The van der Waals surface area contributed by atoms with Gasteiger partial charge < -0.3 is 4.74 Å².